The number of sulfone groups is 1. The van der Waals surface area contributed by atoms with Gasteiger partial charge in [0.15, 0.2) is 0 Å². The average Bonchev–Trinajstić information content (AvgIpc) is 2.41. The van der Waals surface area contributed by atoms with Gasteiger partial charge in [-0.3, -0.25) is 0 Å². The lowest BCUT2D eigenvalue weighted by molar-refractivity contribution is 0.570. The van der Waals surface area contributed by atoms with Crippen LogP contribution in [0, 0.1) is 0 Å². The number of anilines is 1. The Labute approximate surface area is 122 Å². The van der Waals surface area contributed by atoms with Crippen LogP contribution in [0.2, 0.25) is 0 Å². The number of rotatable bonds is 8. The maximum Gasteiger partial charge on any atom is 0.149 e. The Bertz CT molecular complexity index is 517. The lowest BCUT2D eigenvalue weighted by Gasteiger charge is -2.20. The molecule has 0 aliphatic heterocycles. The summed E-state index contributed by atoms with van der Waals surface area (Å²) in [7, 11) is -1.08. The Balaban J connectivity index is 2.71. The van der Waals surface area contributed by atoms with Crippen LogP contribution in [-0.2, 0) is 9.84 Å². The SMILES string of the molecule is CCCNC(C)c1ccnc(N(C)CCS(C)(=O)=O)c1. The van der Waals surface area contributed by atoms with E-state index >= 15 is 0 Å². The van der Waals surface area contributed by atoms with E-state index in [1.54, 1.807) is 6.20 Å². The van der Waals surface area contributed by atoms with Crippen molar-refractivity contribution < 1.29 is 8.42 Å². The number of aromatic nitrogens is 1. The largest absolute Gasteiger partial charge is 0.359 e. The topological polar surface area (TPSA) is 62.3 Å². The number of hydrogen-bond donors (Lipinski definition) is 1. The highest BCUT2D eigenvalue weighted by molar-refractivity contribution is 7.90. The van der Waals surface area contributed by atoms with Crippen LogP contribution in [-0.4, -0.2) is 45.5 Å². The first-order chi connectivity index (χ1) is 9.33. The van der Waals surface area contributed by atoms with Gasteiger partial charge in [-0.2, -0.15) is 0 Å². The van der Waals surface area contributed by atoms with E-state index in [0.29, 0.717) is 6.54 Å². The van der Waals surface area contributed by atoms with Crippen LogP contribution >= 0.6 is 0 Å². The van der Waals surface area contributed by atoms with Crippen LogP contribution in [0.5, 0.6) is 0 Å². The van der Waals surface area contributed by atoms with Gasteiger partial charge in [0.25, 0.3) is 0 Å². The molecule has 1 aromatic rings. The fourth-order valence-electron chi connectivity index (χ4n) is 1.81. The molecule has 0 radical (unpaired) electrons. The minimum absolute atomic E-state index is 0.138. The highest BCUT2D eigenvalue weighted by Crippen LogP contribution is 2.17. The number of nitrogens with one attached hydrogen (secondary N) is 1. The molecular weight excluding hydrogens is 274 g/mol. The molecule has 1 unspecified atom stereocenters. The Hall–Kier alpha value is -1.14. The molecule has 0 fully saturated rings. The third-order valence-electron chi connectivity index (χ3n) is 3.16. The van der Waals surface area contributed by atoms with Gasteiger partial charge < -0.3 is 10.2 Å². The minimum atomic E-state index is -2.95. The quantitative estimate of drug-likeness (QED) is 0.790. The van der Waals surface area contributed by atoms with E-state index in [1.807, 2.05) is 24.1 Å². The molecule has 0 aromatic carbocycles. The summed E-state index contributed by atoms with van der Waals surface area (Å²) in [6.07, 6.45) is 4.11. The van der Waals surface area contributed by atoms with Crippen molar-refractivity contribution in [1.82, 2.24) is 10.3 Å². The molecule has 5 nitrogen and oxygen atoms in total. The van der Waals surface area contributed by atoms with Crippen molar-refractivity contribution in [2.45, 2.75) is 26.3 Å². The predicted molar refractivity (Wildman–Crippen MR) is 83.9 cm³/mol. The Morgan fingerprint density at radius 1 is 1.45 bits per heavy atom. The maximum atomic E-state index is 11.2. The minimum Gasteiger partial charge on any atom is -0.359 e. The van der Waals surface area contributed by atoms with Crippen molar-refractivity contribution in [2.24, 2.45) is 0 Å². The molecule has 0 aliphatic carbocycles. The molecule has 1 heterocycles. The monoisotopic (exact) mass is 299 g/mol. The first kappa shape index (κ1) is 16.9. The van der Waals surface area contributed by atoms with E-state index in [4.69, 9.17) is 0 Å². The zero-order valence-corrected chi connectivity index (χ0v) is 13.6. The molecule has 1 N–H and O–H groups in total. The lowest BCUT2D eigenvalue weighted by Crippen LogP contribution is -2.26. The van der Waals surface area contributed by atoms with Crippen LogP contribution in [0.15, 0.2) is 18.3 Å². The molecule has 114 valence electrons. The molecule has 0 saturated heterocycles. The highest BCUT2D eigenvalue weighted by atomic mass is 32.2. The molecule has 0 saturated carbocycles. The average molecular weight is 299 g/mol. The zero-order valence-electron chi connectivity index (χ0n) is 12.8. The van der Waals surface area contributed by atoms with E-state index in [-0.39, 0.29) is 11.8 Å². The summed E-state index contributed by atoms with van der Waals surface area (Å²) in [6, 6.07) is 4.26. The molecule has 20 heavy (non-hydrogen) atoms. The van der Waals surface area contributed by atoms with Crippen LogP contribution in [0.4, 0.5) is 5.82 Å². The Kier molecular flexibility index (Phi) is 6.42. The number of nitrogens with zero attached hydrogens (tertiary/aromatic N) is 2. The molecule has 0 spiro atoms. The van der Waals surface area contributed by atoms with Gasteiger partial charge in [0.1, 0.15) is 15.7 Å². The predicted octanol–water partition coefficient (Wildman–Crippen LogP) is 1.62. The summed E-state index contributed by atoms with van der Waals surface area (Å²) in [6.45, 7) is 5.68. The van der Waals surface area contributed by atoms with Crippen molar-refractivity contribution in [1.29, 1.82) is 0 Å². The number of pyridine rings is 1. The second-order valence-corrected chi connectivity index (χ2v) is 7.43. The second-order valence-electron chi connectivity index (χ2n) is 5.17. The van der Waals surface area contributed by atoms with E-state index in [9.17, 15) is 8.42 Å². The normalized spacial score (nSPS) is 13.2. The van der Waals surface area contributed by atoms with Gasteiger partial charge in [-0.1, -0.05) is 6.92 Å². The second kappa shape index (κ2) is 7.59. The van der Waals surface area contributed by atoms with Crippen molar-refractivity contribution in [3.05, 3.63) is 23.9 Å². The first-order valence-electron chi connectivity index (χ1n) is 6.91. The van der Waals surface area contributed by atoms with E-state index in [0.717, 1.165) is 24.3 Å². The summed E-state index contributed by atoms with van der Waals surface area (Å²) >= 11 is 0. The van der Waals surface area contributed by atoms with Crippen LogP contribution in [0.25, 0.3) is 0 Å². The fourth-order valence-corrected chi connectivity index (χ4v) is 2.41. The van der Waals surface area contributed by atoms with Gasteiger partial charge in [-0.25, -0.2) is 13.4 Å². The molecule has 0 aliphatic rings. The van der Waals surface area contributed by atoms with Crippen LogP contribution in [0.1, 0.15) is 31.9 Å². The lowest BCUT2D eigenvalue weighted by atomic mass is 10.1. The Morgan fingerprint density at radius 2 is 2.15 bits per heavy atom. The zero-order chi connectivity index (χ0) is 15.2. The third kappa shape index (κ3) is 5.88. The van der Waals surface area contributed by atoms with Gasteiger partial charge >= 0.3 is 0 Å². The molecule has 0 bridgehead atoms. The standard InChI is InChI=1S/C14H25N3O2S/c1-5-7-15-12(2)13-6-8-16-14(11-13)17(3)9-10-20(4,18)19/h6,8,11-12,15H,5,7,9-10H2,1-4H3. The van der Waals surface area contributed by atoms with Gasteiger partial charge in [-0.15, -0.1) is 0 Å². The maximum absolute atomic E-state index is 11.2. The highest BCUT2D eigenvalue weighted by Gasteiger charge is 2.10. The summed E-state index contributed by atoms with van der Waals surface area (Å²) in [5.74, 6) is 0.940. The van der Waals surface area contributed by atoms with Crippen molar-refractivity contribution >= 4 is 15.7 Å². The van der Waals surface area contributed by atoms with Crippen molar-refractivity contribution in [3.63, 3.8) is 0 Å². The molecular formula is C14H25N3O2S. The van der Waals surface area contributed by atoms with E-state index in [2.05, 4.69) is 24.1 Å². The smallest absolute Gasteiger partial charge is 0.149 e. The van der Waals surface area contributed by atoms with Crippen LogP contribution < -0.4 is 10.2 Å². The molecule has 1 atom stereocenters. The summed E-state index contributed by atoms with van der Waals surface area (Å²) in [4.78, 5) is 6.18. The van der Waals surface area contributed by atoms with Gasteiger partial charge in [0.05, 0.1) is 5.75 Å². The summed E-state index contributed by atoms with van der Waals surface area (Å²) < 4.78 is 22.4. The molecule has 1 rings (SSSR count). The van der Waals surface area contributed by atoms with E-state index < -0.39 is 9.84 Å². The van der Waals surface area contributed by atoms with Crippen LogP contribution in [0.3, 0.4) is 0 Å². The first-order valence-corrected chi connectivity index (χ1v) is 8.97. The van der Waals surface area contributed by atoms with Crippen molar-refractivity contribution in [2.75, 3.05) is 37.0 Å². The van der Waals surface area contributed by atoms with Gasteiger partial charge in [0.2, 0.25) is 0 Å². The van der Waals surface area contributed by atoms with E-state index in [1.165, 1.54) is 6.26 Å². The molecule has 0 amide bonds. The molecule has 1 aromatic heterocycles. The van der Waals surface area contributed by atoms with Gasteiger partial charge in [-0.05, 0) is 37.6 Å². The van der Waals surface area contributed by atoms with Crippen molar-refractivity contribution in [3.8, 4) is 0 Å². The van der Waals surface area contributed by atoms with Gasteiger partial charge in [0, 0.05) is 32.1 Å². The Morgan fingerprint density at radius 3 is 2.75 bits per heavy atom. The summed E-state index contributed by atoms with van der Waals surface area (Å²) in [5, 5.41) is 3.43. The summed E-state index contributed by atoms with van der Waals surface area (Å²) in [5.41, 5.74) is 1.16. The fraction of sp³-hybridized carbons (Fsp3) is 0.643. The number of hydrogen-bond acceptors (Lipinski definition) is 5. The molecule has 6 heteroatoms. The third-order valence-corrected chi connectivity index (χ3v) is 4.08.